The van der Waals surface area contributed by atoms with Gasteiger partial charge in [-0.2, -0.15) is 0 Å². The summed E-state index contributed by atoms with van der Waals surface area (Å²) < 4.78 is 0.990. The van der Waals surface area contributed by atoms with Gasteiger partial charge in [-0.3, -0.25) is 10.1 Å². The lowest BCUT2D eigenvalue weighted by Crippen LogP contribution is -1.89. The van der Waals surface area contributed by atoms with Gasteiger partial charge < -0.3 is 0 Å². The van der Waals surface area contributed by atoms with Gasteiger partial charge in [0.15, 0.2) is 0 Å². The average Bonchev–Trinajstić information content (AvgIpc) is 2.29. The second-order valence-corrected chi connectivity index (χ2v) is 5.18. The van der Waals surface area contributed by atoms with Gasteiger partial charge in [-0.1, -0.05) is 33.8 Å². The molecule has 0 aliphatic heterocycles. The van der Waals surface area contributed by atoms with Crippen molar-refractivity contribution in [2.75, 3.05) is 0 Å². The summed E-state index contributed by atoms with van der Waals surface area (Å²) >= 11 is 4.84. The van der Waals surface area contributed by atoms with Gasteiger partial charge in [0.05, 0.1) is 4.92 Å². The van der Waals surface area contributed by atoms with Crippen molar-refractivity contribution in [2.24, 2.45) is 0 Å². The monoisotopic (exact) mass is 310 g/mol. The van der Waals surface area contributed by atoms with Crippen molar-refractivity contribution in [3.05, 3.63) is 57.2 Å². The zero-order chi connectivity index (χ0) is 12.3. The molecule has 0 aliphatic rings. The topological polar surface area (TPSA) is 56.0 Å². The summed E-state index contributed by atoms with van der Waals surface area (Å²) in [7, 11) is 0. The predicted molar refractivity (Wildman–Crippen MR) is 69.2 cm³/mol. The number of benzene rings is 1. The Kier molecular flexibility index (Phi) is 3.75. The minimum Gasteiger partial charge on any atom is -0.258 e. The zero-order valence-electron chi connectivity index (χ0n) is 8.54. The quantitative estimate of drug-likeness (QED) is 0.637. The number of nitrogens with zero attached hydrogens (tertiary/aromatic N) is 2. The molecule has 2 rings (SSSR count). The molecule has 0 aliphatic carbocycles. The van der Waals surface area contributed by atoms with Crippen LogP contribution < -0.4 is 0 Å². The van der Waals surface area contributed by atoms with E-state index in [1.54, 1.807) is 6.07 Å². The van der Waals surface area contributed by atoms with Gasteiger partial charge in [-0.15, -0.1) is 0 Å². The fourth-order valence-corrected chi connectivity index (χ4v) is 2.56. The Balaban J connectivity index is 2.16. The Morgan fingerprint density at radius 2 is 2.12 bits per heavy atom. The molecule has 0 saturated carbocycles. The van der Waals surface area contributed by atoms with E-state index < -0.39 is 4.92 Å². The van der Waals surface area contributed by atoms with E-state index in [4.69, 9.17) is 0 Å². The Hall–Kier alpha value is -1.40. The number of rotatable bonds is 3. The molecule has 0 bridgehead atoms. The van der Waals surface area contributed by atoms with Gasteiger partial charge in [0.1, 0.15) is 11.2 Å². The van der Waals surface area contributed by atoms with Gasteiger partial charge in [0, 0.05) is 15.4 Å². The van der Waals surface area contributed by atoms with E-state index in [9.17, 15) is 10.1 Å². The highest BCUT2D eigenvalue weighted by atomic mass is 79.9. The van der Waals surface area contributed by atoms with Gasteiger partial charge in [0.25, 0.3) is 5.69 Å². The van der Waals surface area contributed by atoms with Gasteiger partial charge in [-0.25, -0.2) is 4.98 Å². The van der Waals surface area contributed by atoms with E-state index in [0.717, 1.165) is 14.4 Å². The fraction of sp³-hybridized carbons (Fsp3) is 0. The van der Waals surface area contributed by atoms with Crippen LogP contribution in [0.4, 0.5) is 5.69 Å². The highest BCUT2D eigenvalue weighted by Gasteiger charge is 2.06. The van der Waals surface area contributed by atoms with Crippen molar-refractivity contribution < 1.29 is 4.92 Å². The van der Waals surface area contributed by atoms with Gasteiger partial charge in [0.2, 0.25) is 0 Å². The van der Waals surface area contributed by atoms with E-state index >= 15 is 0 Å². The third kappa shape index (κ3) is 3.28. The summed E-state index contributed by atoms with van der Waals surface area (Å²) in [5, 5.41) is 11.2. The van der Waals surface area contributed by atoms with Crippen molar-refractivity contribution >= 4 is 33.4 Å². The van der Waals surface area contributed by atoms with Crippen LogP contribution in [0.5, 0.6) is 0 Å². The maximum atomic E-state index is 10.5. The molecule has 0 radical (unpaired) electrons. The van der Waals surface area contributed by atoms with E-state index in [0.29, 0.717) is 0 Å². The van der Waals surface area contributed by atoms with Gasteiger partial charge >= 0.3 is 0 Å². The number of hydrogen-bond donors (Lipinski definition) is 0. The Labute approximate surface area is 110 Å². The lowest BCUT2D eigenvalue weighted by Gasteiger charge is -2.00. The second kappa shape index (κ2) is 5.29. The van der Waals surface area contributed by atoms with Crippen molar-refractivity contribution in [1.82, 2.24) is 4.98 Å². The largest absolute Gasteiger partial charge is 0.287 e. The minimum atomic E-state index is -0.458. The molecule has 0 N–H and O–H groups in total. The van der Waals surface area contributed by atoms with Crippen molar-refractivity contribution in [3.8, 4) is 0 Å². The number of nitro groups is 1. The number of hydrogen-bond acceptors (Lipinski definition) is 4. The van der Waals surface area contributed by atoms with Crippen molar-refractivity contribution in [1.29, 1.82) is 0 Å². The first-order valence-electron chi connectivity index (χ1n) is 4.69. The second-order valence-electron chi connectivity index (χ2n) is 3.17. The molecule has 0 amide bonds. The molecule has 0 spiro atoms. The SMILES string of the molecule is O=[N+]([O-])c1ccc(Sc2cccc(Br)c2)nc1. The Morgan fingerprint density at radius 3 is 2.71 bits per heavy atom. The zero-order valence-corrected chi connectivity index (χ0v) is 10.9. The third-order valence-electron chi connectivity index (χ3n) is 1.95. The molecule has 0 saturated heterocycles. The maximum absolute atomic E-state index is 10.5. The molecular weight excluding hydrogens is 304 g/mol. The minimum absolute atomic E-state index is 0.00333. The van der Waals surface area contributed by atoms with E-state index in [1.165, 1.54) is 24.0 Å². The molecule has 0 unspecified atom stereocenters. The highest BCUT2D eigenvalue weighted by molar-refractivity contribution is 9.10. The molecule has 1 aromatic carbocycles. The van der Waals surface area contributed by atoms with Crippen LogP contribution in [-0.4, -0.2) is 9.91 Å². The summed E-state index contributed by atoms with van der Waals surface area (Å²) in [6.45, 7) is 0. The summed E-state index contributed by atoms with van der Waals surface area (Å²) in [5.41, 5.74) is 0.00333. The summed E-state index contributed by atoms with van der Waals surface area (Å²) in [5.74, 6) is 0. The van der Waals surface area contributed by atoms with Crippen LogP contribution in [0.1, 0.15) is 0 Å². The van der Waals surface area contributed by atoms with E-state index in [2.05, 4.69) is 20.9 Å². The average molecular weight is 311 g/mol. The summed E-state index contributed by atoms with van der Waals surface area (Å²) in [4.78, 5) is 15.1. The lowest BCUT2D eigenvalue weighted by molar-refractivity contribution is -0.385. The van der Waals surface area contributed by atoms with Gasteiger partial charge in [-0.05, 0) is 24.3 Å². The molecule has 6 heteroatoms. The first kappa shape index (κ1) is 12.1. The van der Waals surface area contributed by atoms with Crippen LogP contribution in [0.25, 0.3) is 0 Å². The van der Waals surface area contributed by atoms with Crippen molar-refractivity contribution in [2.45, 2.75) is 9.92 Å². The molecule has 4 nitrogen and oxygen atoms in total. The molecule has 0 fully saturated rings. The normalized spacial score (nSPS) is 10.2. The molecular formula is C11H7BrN2O2S. The standard InChI is InChI=1S/C11H7BrN2O2S/c12-8-2-1-3-10(6-8)17-11-5-4-9(7-13-11)14(15)16/h1-7H. The maximum Gasteiger partial charge on any atom is 0.287 e. The van der Waals surface area contributed by atoms with E-state index in [-0.39, 0.29) is 5.69 Å². The third-order valence-corrected chi connectivity index (χ3v) is 3.38. The molecule has 2 aromatic rings. The number of halogens is 1. The molecule has 17 heavy (non-hydrogen) atoms. The van der Waals surface area contributed by atoms with E-state index in [1.807, 2.05) is 24.3 Å². The van der Waals surface area contributed by atoms with Crippen molar-refractivity contribution in [3.63, 3.8) is 0 Å². The summed E-state index contributed by atoms with van der Waals surface area (Å²) in [6, 6.07) is 10.9. The Morgan fingerprint density at radius 1 is 1.29 bits per heavy atom. The predicted octanol–water partition coefficient (Wildman–Crippen LogP) is 3.90. The lowest BCUT2D eigenvalue weighted by atomic mass is 10.4. The first-order chi connectivity index (χ1) is 8.15. The van der Waals surface area contributed by atoms with Crippen LogP contribution >= 0.6 is 27.7 Å². The molecule has 86 valence electrons. The number of pyridine rings is 1. The van der Waals surface area contributed by atoms with Crippen LogP contribution in [0.2, 0.25) is 0 Å². The molecule has 1 heterocycles. The van der Waals surface area contributed by atoms with Crippen LogP contribution in [0.15, 0.2) is 57.0 Å². The van der Waals surface area contributed by atoms with Crippen LogP contribution in [-0.2, 0) is 0 Å². The first-order valence-corrected chi connectivity index (χ1v) is 6.30. The molecule has 1 aromatic heterocycles. The Bertz CT molecular complexity index is 545. The summed E-state index contributed by atoms with van der Waals surface area (Å²) in [6.07, 6.45) is 1.26. The highest BCUT2D eigenvalue weighted by Crippen LogP contribution is 2.28. The van der Waals surface area contributed by atoms with Crippen LogP contribution in [0.3, 0.4) is 0 Å². The smallest absolute Gasteiger partial charge is 0.258 e. The fourth-order valence-electron chi connectivity index (χ4n) is 1.19. The molecule has 0 atom stereocenters. The van der Waals surface area contributed by atoms with Crippen LogP contribution in [0, 0.1) is 10.1 Å². The number of aromatic nitrogens is 1.